The van der Waals surface area contributed by atoms with Crippen molar-refractivity contribution in [1.82, 2.24) is 9.13 Å². The number of thiophene rings is 1. The third-order valence-electron chi connectivity index (χ3n) is 10.2. The van der Waals surface area contributed by atoms with Crippen LogP contribution in [0.15, 0.2) is 138 Å². The number of aromatic nitrogens is 2. The highest BCUT2D eigenvalue weighted by molar-refractivity contribution is 7.25. The molecule has 0 amide bonds. The summed E-state index contributed by atoms with van der Waals surface area (Å²) in [6.45, 7) is 0. The molecule has 0 unspecified atom stereocenters. The van der Waals surface area contributed by atoms with Crippen LogP contribution >= 0.6 is 11.3 Å². The molecule has 0 saturated carbocycles. The molecular weight excluding hydrogens is 633 g/mol. The van der Waals surface area contributed by atoms with E-state index >= 15 is 0 Å². The van der Waals surface area contributed by atoms with Gasteiger partial charge in [-0.15, -0.1) is 11.3 Å². The molecule has 7 aromatic carbocycles. The molecule has 0 bridgehead atoms. The van der Waals surface area contributed by atoms with Crippen LogP contribution in [0.25, 0.3) is 97.1 Å². The standard InChI is InChI=1S/C44H22N4OS/c45-23-25-20-38(48-34-13-5-1-9-27(34)32-21-33-29-11-4-8-16-41(29)50-42(33)22-39(32)48)26(24-46)19-37(25)47-35-14-6-2-12-31(35)43-36(47)18-17-30-28-10-3-7-15-40(28)49-44(30)43/h1-22H. The topological polar surface area (TPSA) is 70.6 Å². The summed E-state index contributed by atoms with van der Waals surface area (Å²) in [6.07, 6.45) is 0. The van der Waals surface area contributed by atoms with Gasteiger partial charge in [0.15, 0.2) is 0 Å². The van der Waals surface area contributed by atoms with Crippen LogP contribution in [0, 0.1) is 22.7 Å². The van der Waals surface area contributed by atoms with Gasteiger partial charge in [0.05, 0.1) is 50.0 Å². The average molecular weight is 655 g/mol. The molecule has 4 aromatic heterocycles. The van der Waals surface area contributed by atoms with E-state index in [0.717, 1.165) is 65.6 Å². The lowest BCUT2D eigenvalue weighted by molar-refractivity contribution is 0.673. The molecule has 0 saturated heterocycles. The number of nitrogens with zero attached hydrogens (tertiary/aromatic N) is 4. The summed E-state index contributed by atoms with van der Waals surface area (Å²) in [5, 5.41) is 30.4. The maximum atomic E-state index is 10.8. The van der Waals surface area contributed by atoms with Gasteiger partial charge in [-0.3, -0.25) is 0 Å². The molecule has 230 valence electrons. The van der Waals surface area contributed by atoms with Gasteiger partial charge in [0.1, 0.15) is 23.3 Å². The fraction of sp³-hybridized carbons (Fsp3) is 0. The number of rotatable bonds is 2. The molecule has 0 atom stereocenters. The smallest absolute Gasteiger partial charge is 0.145 e. The van der Waals surface area contributed by atoms with Crippen molar-refractivity contribution in [2.24, 2.45) is 0 Å². The number of para-hydroxylation sites is 3. The van der Waals surface area contributed by atoms with Crippen LogP contribution < -0.4 is 0 Å². The Labute approximate surface area is 288 Å². The van der Waals surface area contributed by atoms with E-state index in [4.69, 9.17) is 4.42 Å². The zero-order chi connectivity index (χ0) is 33.1. The van der Waals surface area contributed by atoms with Gasteiger partial charge in [0.25, 0.3) is 0 Å². The second kappa shape index (κ2) is 9.84. The first-order chi connectivity index (χ1) is 24.7. The van der Waals surface area contributed by atoms with Crippen LogP contribution in [0.5, 0.6) is 0 Å². The normalized spacial score (nSPS) is 12.0. The van der Waals surface area contributed by atoms with E-state index in [1.54, 1.807) is 11.3 Å². The summed E-state index contributed by atoms with van der Waals surface area (Å²) < 4.78 is 13.2. The molecule has 0 aliphatic rings. The van der Waals surface area contributed by atoms with Gasteiger partial charge in [-0.2, -0.15) is 10.5 Å². The predicted octanol–water partition coefficient (Wildman–Crippen LogP) is 11.9. The first-order valence-electron chi connectivity index (χ1n) is 16.4. The van der Waals surface area contributed by atoms with Gasteiger partial charge in [-0.25, -0.2) is 0 Å². The Morgan fingerprint density at radius 1 is 0.460 bits per heavy atom. The van der Waals surface area contributed by atoms with Crippen molar-refractivity contribution in [3.8, 4) is 23.5 Å². The van der Waals surface area contributed by atoms with E-state index in [2.05, 4.69) is 106 Å². The molecule has 0 aliphatic heterocycles. The third-order valence-corrected chi connectivity index (χ3v) is 11.3. The Balaban J connectivity index is 1.22. The Bertz CT molecular complexity index is 3300. The molecule has 11 aromatic rings. The molecule has 0 spiro atoms. The lowest BCUT2D eigenvalue weighted by Gasteiger charge is -2.15. The van der Waals surface area contributed by atoms with Gasteiger partial charge in [0, 0.05) is 47.1 Å². The number of furan rings is 1. The number of hydrogen-bond donors (Lipinski definition) is 0. The molecule has 0 radical (unpaired) electrons. The minimum Gasteiger partial charge on any atom is -0.455 e. The third kappa shape index (κ3) is 3.47. The number of fused-ring (bicyclic) bond motifs is 13. The molecule has 0 aliphatic carbocycles. The van der Waals surface area contributed by atoms with Crippen molar-refractivity contribution in [3.63, 3.8) is 0 Å². The van der Waals surface area contributed by atoms with Crippen molar-refractivity contribution in [2.75, 3.05) is 0 Å². The SMILES string of the molecule is N#Cc1cc(-n2c3ccccc3c3c4oc5ccccc5c4ccc32)c(C#N)cc1-n1c2ccccc2c2cc3c(cc21)sc1ccccc13. The highest BCUT2D eigenvalue weighted by atomic mass is 32.1. The zero-order valence-corrected chi connectivity index (χ0v) is 27.1. The summed E-state index contributed by atoms with van der Waals surface area (Å²) >= 11 is 1.77. The maximum Gasteiger partial charge on any atom is 0.145 e. The quantitative estimate of drug-likeness (QED) is 0.186. The van der Waals surface area contributed by atoms with E-state index in [0.29, 0.717) is 22.5 Å². The van der Waals surface area contributed by atoms with Crippen molar-refractivity contribution in [3.05, 3.63) is 145 Å². The van der Waals surface area contributed by atoms with Crippen molar-refractivity contribution < 1.29 is 4.42 Å². The fourth-order valence-corrected chi connectivity index (χ4v) is 9.19. The van der Waals surface area contributed by atoms with Crippen LogP contribution in [0.4, 0.5) is 0 Å². The molecule has 50 heavy (non-hydrogen) atoms. The minimum atomic E-state index is 0.472. The zero-order valence-electron chi connectivity index (χ0n) is 26.3. The summed E-state index contributed by atoms with van der Waals surface area (Å²) in [7, 11) is 0. The lowest BCUT2D eigenvalue weighted by Crippen LogP contribution is -2.04. The minimum absolute atomic E-state index is 0.472. The van der Waals surface area contributed by atoms with Gasteiger partial charge in [0.2, 0.25) is 0 Å². The fourth-order valence-electron chi connectivity index (χ4n) is 8.07. The second-order valence-corrected chi connectivity index (χ2v) is 13.8. The highest BCUT2D eigenvalue weighted by Gasteiger charge is 2.23. The Hall–Kier alpha value is -6.86. The molecule has 5 nitrogen and oxygen atoms in total. The highest BCUT2D eigenvalue weighted by Crippen LogP contribution is 2.43. The van der Waals surface area contributed by atoms with Gasteiger partial charge in [-0.1, -0.05) is 72.8 Å². The molecule has 6 heteroatoms. The second-order valence-electron chi connectivity index (χ2n) is 12.7. The van der Waals surface area contributed by atoms with Crippen LogP contribution in [-0.4, -0.2) is 9.13 Å². The van der Waals surface area contributed by atoms with E-state index < -0.39 is 0 Å². The Morgan fingerprint density at radius 3 is 1.84 bits per heavy atom. The largest absolute Gasteiger partial charge is 0.455 e. The van der Waals surface area contributed by atoms with Crippen LogP contribution in [-0.2, 0) is 0 Å². The van der Waals surface area contributed by atoms with E-state index in [-0.39, 0.29) is 0 Å². The van der Waals surface area contributed by atoms with Crippen LogP contribution in [0.1, 0.15) is 11.1 Å². The first-order valence-corrected chi connectivity index (χ1v) is 17.2. The van der Waals surface area contributed by atoms with Crippen LogP contribution in [0.3, 0.4) is 0 Å². The van der Waals surface area contributed by atoms with Crippen molar-refractivity contribution in [1.29, 1.82) is 10.5 Å². The summed E-state index contributed by atoms with van der Waals surface area (Å²) in [5.41, 5.74) is 7.77. The van der Waals surface area contributed by atoms with Gasteiger partial charge >= 0.3 is 0 Å². The van der Waals surface area contributed by atoms with Crippen molar-refractivity contribution >= 4 is 97.1 Å². The molecule has 0 fully saturated rings. The molecular formula is C44H22N4OS. The van der Waals surface area contributed by atoms with E-state index in [1.807, 2.05) is 48.5 Å². The van der Waals surface area contributed by atoms with E-state index in [9.17, 15) is 10.5 Å². The summed E-state index contributed by atoms with van der Waals surface area (Å²) in [4.78, 5) is 0. The van der Waals surface area contributed by atoms with Gasteiger partial charge in [-0.05, 0) is 60.7 Å². The molecule has 4 heterocycles. The van der Waals surface area contributed by atoms with Gasteiger partial charge < -0.3 is 13.6 Å². The molecule has 11 rings (SSSR count). The average Bonchev–Trinajstić information content (AvgIpc) is 3.90. The monoisotopic (exact) mass is 654 g/mol. The van der Waals surface area contributed by atoms with Crippen molar-refractivity contribution in [2.45, 2.75) is 0 Å². The first kappa shape index (κ1) is 27.1. The summed E-state index contributed by atoms with van der Waals surface area (Å²) in [6, 6.07) is 50.6. The van der Waals surface area contributed by atoms with Crippen LogP contribution in [0.2, 0.25) is 0 Å². The number of nitriles is 2. The number of hydrogen-bond acceptors (Lipinski definition) is 4. The Morgan fingerprint density at radius 2 is 1.08 bits per heavy atom. The number of benzene rings is 7. The predicted molar refractivity (Wildman–Crippen MR) is 205 cm³/mol. The lowest BCUT2D eigenvalue weighted by atomic mass is 10.1. The summed E-state index contributed by atoms with van der Waals surface area (Å²) in [5.74, 6) is 0. The van der Waals surface area contributed by atoms with E-state index in [1.165, 1.54) is 20.2 Å². The maximum absolute atomic E-state index is 10.8. The molecule has 0 N–H and O–H groups in total. The Kier molecular flexibility index (Phi) is 5.34.